The number of benzene rings is 2. The van der Waals surface area contributed by atoms with Crippen molar-refractivity contribution in [2.75, 3.05) is 27.2 Å². The van der Waals surface area contributed by atoms with Gasteiger partial charge in [-0.05, 0) is 37.6 Å². The molecule has 1 N–H and O–H groups in total. The largest absolute Gasteiger partial charge is 0.486 e. The van der Waals surface area contributed by atoms with E-state index in [1.807, 2.05) is 0 Å². The van der Waals surface area contributed by atoms with E-state index in [0.717, 1.165) is 4.90 Å². The second-order valence-corrected chi connectivity index (χ2v) is 10.1. The number of ether oxygens (including phenoxy) is 1. The molecular weight excluding hydrogens is 532 g/mol. The van der Waals surface area contributed by atoms with Crippen molar-refractivity contribution in [3.63, 3.8) is 0 Å². The Labute approximate surface area is 234 Å². The predicted octanol–water partition coefficient (Wildman–Crippen LogP) is 4.04. The Kier molecular flexibility index (Phi) is 6.99. The molecule has 4 amide bonds. The Morgan fingerprint density at radius 3 is 2.51 bits per heavy atom. The fourth-order valence-electron chi connectivity index (χ4n) is 4.76. The summed E-state index contributed by atoms with van der Waals surface area (Å²) in [4.78, 5) is 60.7. The summed E-state index contributed by atoms with van der Waals surface area (Å²) in [6, 6.07) is 12.8. The average Bonchev–Trinajstić information content (AvgIpc) is 3.60. The highest BCUT2D eigenvalue weighted by Gasteiger charge is 2.52. The quantitative estimate of drug-likeness (QED) is 0.369. The Morgan fingerprint density at radius 1 is 1.15 bits per heavy atom. The van der Waals surface area contributed by atoms with Crippen molar-refractivity contribution in [1.29, 1.82) is 0 Å². The van der Waals surface area contributed by atoms with E-state index in [2.05, 4.69) is 4.98 Å². The molecule has 0 saturated heterocycles. The third kappa shape index (κ3) is 4.77. The van der Waals surface area contributed by atoms with Crippen molar-refractivity contribution in [2.24, 2.45) is 0 Å². The number of furan rings is 1. The summed E-state index contributed by atoms with van der Waals surface area (Å²) in [5, 5.41) is 10.6. The number of fused-ring (bicyclic) bond motifs is 3. The van der Waals surface area contributed by atoms with Gasteiger partial charge < -0.3 is 28.5 Å². The summed E-state index contributed by atoms with van der Waals surface area (Å²) >= 11 is 0. The van der Waals surface area contributed by atoms with Gasteiger partial charge in [-0.1, -0.05) is 30.3 Å². The predicted molar refractivity (Wildman–Crippen MR) is 145 cm³/mol. The number of amides is 4. The molecule has 0 unspecified atom stereocenters. The highest BCUT2D eigenvalue weighted by atomic mass is 16.5. The van der Waals surface area contributed by atoms with E-state index in [-0.39, 0.29) is 11.5 Å². The van der Waals surface area contributed by atoms with Crippen LogP contribution in [0.15, 0.2) is 69.8 Å². The zero-order chi connectivity index (χ0) is 29.5. The minimum absolute atomic E-state index is 0.0840. The van der Waals surface area contributed by atoms with Gasteiger partial charge in [-0.3, -0.25) is 14.4 Å². The van der Waals surface area contributed by atoms with E-state index in [9.17, 15) is 24.3 Å². The van der Waals surface area contributed by atoms with Gasteiger partial charge in [0.25, 0.3) is 11.8 Å². The first-order valence-corrected chi connectivity index (χ1v) is 12.8. The number of rotatable bonds is 6. The molecule has 0 aliphatic carbocycles. The van der Waals surface area contributed by atoms with Crippen LogP contribution in [-0.4, -0.2) is 81.4 Å². The van der Waals surface area contributed by atoms with Crippen LogP contribution in [0.4, 0.5) is 4.79 Å². The number of hydrogen-bond acceptors (Lipinski definition) is 8. The zero-order valence-electron chi connectivity index (χ0n) is 22.9. The Balaban J connectivity index is 1.59. The molecule has 212 valence electrons. The molecule has 0 fully saturated rings. The molecule has 2 aromatic heterocycles. The number of aromatic nitrogens is 1. The molecule has 41 heavy (non-hydrogen) atoms. The number of hydrogen-bond donors (Lipinski definition) is 1. The smallest absolute Gasteiger partial charge is 0.414 e. The number of carboxylic acid groups (broad SMARTS) is 1. The molecule has 0 bridgehead atoms. The molecule has 12 heteroatoms. The van der Waals surface area contributed by atoms with Gasteiger partial charge in [0.05, 0.1) is 17.6 Å². The van der Waals surface area contributed by atoms with E-state index in [0.29, 0.717) is 32.9 Å². The topological polar surface area (TPSA) is 147 Å². The standard InChI is InChI=1S/C29H28N4O8/c1-17(18-8-6-5-7-9-18)33(28(37)38)27(36)29(2)16-40-23-20-11-10-19(25-30-12-13-39-25)14-21(20)41-24(23)26(35)32(29)15-22(34)31(3)4/h5-14,17H,15-16H2,1-4H3,(H,37,38)/t17-,29+/m0/s1. The zero-order valence-corrected chi connectivity index (χ0v) is 22.9. The monoisotopic (exact) mass is 560 g/mol. The molecule has 5 rings (SSSR count). The van der Waals surface area contributed by atoms with Gasteiger partial charge in [-0.15, -0.1) is 0 Å². The van der Waals surface area contributed by atoms with Crippen molar-refractivity contribution in [1.82, 2.24) is 19.7 Å². The minimum Gasteiger partial charge on any atom is -0.486 e. The van der Waals surface area contributed by atoms with Crippen molar-refractivity contribution >= 4 is 34.8 Å². The van der Waals surface area contributed by atoms with Crippen LogP contribution in [-0.2, 0) is 9.59 Å². The normalized spacial score (nSPS) is 17.4. The van der Waals surface area contributed by atoms with Gasteiger partial charge in [0.1, 0.15) is 25.0 Å². The number of carbonyl (C=O) groups excluding carboxylic acids is 3. The van der Waals surface area contributed by atoms with Gasteiger partial charge in [0.15, 0.2) is 11.3 Å². The molecule has 1 aliphatic rings. The van der Waals surface area contributed by atoms with Crippen LogP contribution in [0.2, 0.25) is 0 Å². The van der Waals surface area contributed by atoms with E-state index < -0.39 is 48.5 Å². The number of carbonyl (C=O) groups is 4. The summed E-state index contributed by atoms with van der Waals surface area (Å²) in [6.07, 6.45) is 1.42. The Bertz CT molecular complexity index is 1630. The molecule has 0 spiro atoms. The molecule has 1 aliphatic heterocycles. The van der Waals surface area contributed by atoms with E-state index >= 15 is 0 Å². The summed E-state index contributed by atoms with van der Waals surface area (Å²) in [7, 11) is 3.02. The van der Waals surface area contributed by atoms with Crippen LogP contribution >= 0.6 is 0 Å². The van der Waals surface area contributed by atoms with Gasteiger partial charge in [-0.2, -0.15) is 0 Å². The lowest BCUT2D eigenvalue weighted by Gasteiger charge is -2.40. The molecule has 4 aromatic rings. The fraction of sp³-hybridized carbons (Fsp3) is 0.276. The number of oxazole rings is 1. The van der Waals surface area contributed by atoms with Crippen molar-refractivity contribution < 1.29 is 37.9 Å². The maximum atomic E-state index is 14.1. The summed E-state index contributed by atoms with van der Waals surface area (Å²) in [5.74, 6) is -1.99. The lowest BCUT2D eigenvalue weighted by Crippen LogP contribution is -2.64. The Hall–Kier alpha value is -5.13. The number of nitrogens with zero attached hydrogens (tertiary/aromatic N) is 4. The van der Waals surface area contributed by atoms with E-state index in [1.165, 1.54) is 38.4 Å². The molecular formula is C29H28N4O8. The molecule has 0 saturated carbocycles. The number of likely N-dealkylation sites (N-methyl/N-ethyl adjacent to an activating group) is 1. The highest BCUT2D eigenvalue weighted by molar-refractivity contribution is 6.07. The first kappa shape index (κ1) is 27.4. The van der Waals surface area contributed by atoms with Crippen molar-refractivity contribution in [3.05, 3.63) is 72.3 Å². The third-order valence-corrected chi connectivity index (χ3v) is 7.20. The van der Waals surface area contributed by atoms with E-state index in [1.54, 1.807) is 55.5 Å². The summed E-state index contributed by atoms with van der Waals surface area (Å²) < 4.78 is 17.4. The minimum atomic E-state index is -1.89. The first-order valence-electron chi connectivity index (χ1n) is 12.8. The second-order valence-electron chi connectivity index (χ2n) is 10.1. The number of imide groups is 1. The van der Waals surface area contributed by atoms with Crippen LogP contribution in [0.1, 0.15) is 36.0 Å². The van der Waals surface area contributed by atoms with Crippen LogP contribution in [0.5, 0.6) is 5.75 Å². The lowest BCUT2D eigenvalue weighted by atomic mass is 9.96. The Morgan fingerprint density at radius 2 is 1.88 bits per heavy atom. The van der Waals surface area contributed by atoms with Crippen molar-refractivity contribution in [3.8, 4) is 17.2 Å². The van der Waals surface area contributed by atoms with Gasteiger partial charge in [0, 0.05) is 19.7 Å². The highest BCUT2D eigenvalue weighted by Crippen LogP contribution is 2.40. The third-order valence-electron chi connectivity index (χ3n) is 7.20. The molecule has 0 radical (unpaired) electrons. The lowest BCUT2D eigenvalue weighted by molar-refractivity contribution is -0.145. The van der Waals surface area contributed by atoms with Gasteiger partial charge in [0.2, 0.25) is 17.6 Å². The molecule has 12 nitrogen and oxygen atoms in total. The molecule has 2 aromatic carbocycles. The summed E-state index contributed by atoms with van der Waals surface area (Å²) in [5.41, 5.74) is -0.414. The van der Waals surface area contributed by atoms with Gasteiger partial charge >= 0.3 is 6.09 Å². The maximum absolute atomic E-state index is 14.1. The average molecular weight is 561 g/mol. The molecule has 3 heterocycles. The van der Waals surface area contributed by atoms with Gasteiger partial charge in [-0.25, -0.2) is 14.7 Å². The second kappa shape index (κ2) is 10.5. The van der Waals surface area contributed by atoms with Crippen LogP contribution in [0, 0.1) is 0 Å². The van der Waals surface area contributed by atoms with Crippen LogP contribution in [0.3, 0.4) is 0 Å². The SMILES string of the molecule is C[C@@H](c1ccccc1)N(C(=O)O)C(=O)[C@@]1(C)COc2c(oc3cc(-c4ncco4)ccc23)C(=O)N1CC(=O)N(C)C. The van der Waals surface area contributed by atoms with Crippen molar-refractivity contribution in [2.45, 2.75) is 25.4 Å². The maximum Gasteiger partial charge on any atom is 0.414 e. The summed E-state index contributed by atoms with van der Waals surface area (Å²) in [6.45, 7) is 2.00. The van der Waals surface area contributed by atoms with E-state index in [4.69, 9.17) is 13.6 Å². The fourth-order valence-corrected chi connectivity index (χ4v) is 4.76. The van der Waals surface area contributed by atoms with Crippen LogP contribution < -0.4 is 4.74 Å². The molecule has 2 atom stereocenters. The van der Waals surface area contributed by atoms with Crippen LogP contribution in [0.25, 0.3) is 22.4 Å². The first-order chi connectivity index (χ1) is 19.5.